The van der Waals surface area contributed by atoms with Crippen LogP contribution in [0.15, 0.2) is 5.11 Å². The van der Waals surface area contributed by atoms with Crippen molar-refractivity contribution in [2.45, 2.75) is 206 Å². The number of azide groups is 1. The van der Waals surface area contributed by atoms with Crippen molar-refractivity contribution in [3.63, 3.8) is 0 Å². The molecule has 8 unspecified atom stereocenters. The largest absolute Gasteiger partial charge is 0.463 e. The molecular formula is C45H62N4O29. The molecule has 4 fully saturated rings. The van der Waals surface area contributed by atoms with Crippen LogP contribution in [0.4, 0.5) is 0 Å². The Morgan fingerprint density at radius 1 is 0.474 bits per heavy atom. The van der Waals surface area contributed by atoms with Gasteiger partial charge in [-0.25, -0.2) is 0 Å². The van der Waals surface area contributed by atoms with Crippen LogP contribution < -0.4 is 0 Å². The summed E-state index contributed by atoms with van der Waals surface area (Å²) in [6.07, 6.45) is -32.5. The molecule has 436 valence electrons. The zero-order valence-electron chi connectivity index (χ0n) is 44.3. The number of carbonyl (C=O) groups excluding carboxylic acids is 10. The van der Waals surface area contributed by atoms with Gasteiger partial charge in [0.25, 0.3) is 5.09 Å². The SMILES string of the molecule is CC(=O)OCC1OC(O[N+](=O)[O-])C(N=[N+]=[N-])[C@@H](O[C@@H]2OC(C)[C@@H](OC(C)=O)C(OC(C)=O)[C@H]2OC(C)=O)[C@@H]1O[C@@H]1OC(COC(C)=O)[C@H](OC(C)=O)[C@H](OC(C)=O)[C@H]1O[C@@H]1CC(OC(C)=O)[C@@H](OC(C)=O)[C@H](OC(C)=O)C1C. The summed E-state index contributed by atoms with van der Waals surface area (Å²) in [7, 11) is 0. The molecule has 3 heterocycles. The molecule has 0 radical (unpaired) electrons. The molecule has 0 aromatic heterocycles. The summed E-state index contributed by atoms with van der Waals surface area (Å²) in [5.41, 5.74) is 9.98. The molecule has 3 aliphatic heterocycles. The van der Waals surface area contributed by atoms with Crippen molar-refractivity contribution in [1.29, 1.82) is 0 Å². The summed E-state index contributed by atoms with van der Waals surface area (Å²) >= 11 is 0. The molecule has 3 saturated heterocycles. The van der Waals surface area contributed by atoms with Crippen LogP contribution in [0.5, 0.6) is 0 Å². The lowest BCUT2D eigenvalue weighted by Gasteiger charge is -2.51. The molecule has 0 spiro atoms. The van der Waals surface area contributed by atoms with E-state index in [9.17, 15) is 63.6 Å². The Balaban J connectivity index is 2.06. The van der Waals surface area contributed by atoms with Gasteiger partial charge in [-0.3, -0.25) is 52.8 Å². The second-order valence-corrected chi connectivity index (χ2v) is 18.0. The molecule has 0 bridgehead atoms. The Kier molecular flexibility index (Phi) is 23.2. The van der Waals surface area contributed by atoms with E-state index in [-0.39, 0.29) is 0 Å². The van der Waals surface area contributed by atoms with E-state index in [4.69, 9.17) is 80.6 Å². The lowest BCUT2D eigenvalue weighted by atomic mass is 9.80. The Bertz CT molecular complexity index is 2280. The van der Waals surface area contributed by atoms with Gasteiger partial charge in [0.1, 0.15) is 62.0 Å². The lowest BCUT2D eigenvalue weighted by Crippen LogP contribution is -2.68. The smallest absolute Gasteiger partial charge is 0.303 e. The molecule has 20 atom stereocenters. The van der Waals surface area contributed by atoms with Crippen molar-refractivity contribution >= 4 is 59.7 Å². The minimum atomic E-state index is -2.30. The van der Waals surface area contributed by atoms with Crippen LogP contribution in [0, 0.1) is 16.0 Å². The maximum Gasteiger partial charge on any atom is 0.303 e. The quantitative estimate of drug-likeness (QED) is 0.0282. The molecule has 78 heavy (non-hydrogen) atoms. The first-order valence-corrected chi connectivity index (χ1v) is 23.9. The normalized spacial score (nSPS) is 34.3. The fourth-order valence-corrected chi connectivity index (χ4v) is 9.12. The molecule has 4 aliphatic rings. The highest BCUT2D eigenvalue weighted by molar-refractivity contribution is 5.70. The van der Waals surface area contributed by atoms with E-state index in [0.29, 0.717) is 0 Å². The van der Waals surface area contributed by atoms with Gasteiger partial charge in [-0.05, 0) is 12.5 Å². The van der Waals surface area contributed by atoms with Gasteiger partial charge in [-0.15, -0.1) is 10.1 Å². The lowest BCUT2D eigenvalue weighted by molar-refractivity contribution is -0.783. The van der Waals surface area contributed by atoms with E-state index in [0.717, 1.165) is 69.2 Å². The number of hydrogen-bond acceptors (Lipinski definition) is 30. The first-order chi connectivity index (χ1) is 36.5. The van der Waals surface area contributed by atoms with Gasteiger partial charge in [0.15, 0.2) is 49.2 Å². The van der Waals surface area contributed by atoms with Gasteiger partial charge < -0.3 is 75.8 Å². The van der Waals surface area contributed by atoms with Crippen LogP contribution in [0.3, 0.4) is 0 Å². The first-order valence-electron chi connectivity index (χ1n) is 23.9. The standard InChI is InChI=1S/C45H62N4O29/c1-16-28(13-29(65-20(5)52)35(68-23(8)55)33(16)66-21(6)53)73-42-40(71-26(11)58)37(69-24(9)56)31(15-63-19(4)51)75-45(42)76-36-30(14-62-18(3)50)74-43(78-49(60)61)32(47-48-46)38(36)77-44-41(72-27(12)59)39(70-25(10)57)34(17(2)64-44)67-22(7)54/h16-17,28-45H,13-15H2,1-12H3/t16?,17?,28-,29?,30?,31?,32?,33-,34-,35-,36-,37+,38-,39?,40+,41-,42-,43?,44+,45+/m1/s1. The van der Waals surface area contributed by atoms with E-state index >= 15 is 0 Å². The Hall–Kier alpha value is -7.03. The van der Waals surface area contributed by atoms with E-state index in [1.54, 1.807) is 0 Å². The van der Waals surface area contributed by atoms with Crippen LogP contribution in [0.2, 0.25) is 0 Å². The second-order valence-electron chi connectivity index (χ2n) is 18.0. The molecule has 4 rings (SSSR count). The zero-order chi connectivity index (χ0) is 58.5. The summed E-state index contributed by atoms with van der Waals surface area (Å²) in [6.45, 7) is 11.0. The number of carbonyl (C=O) groups is 10. The van der Waals surface area contributed by atoms with Crippen molar-refractivity contribution in [1.82, 2.24) is 0 Å². The third-order valence-corrected chi connectivity index (χ3v) is 11.8. The molecule has 33 heteroatoms. The Morgan fingerprint density at radius 2 is 0.885 bits per heavy atom. The third kappa shape index (κ3) is 17.8. The van der Waals surface area contributed by atoms with Crippen LogP contribution >= 0.6 is 0 Å². The monoisotopic (exact) mass is 1120 g/mol. The van der Waals surface area contributed by atoms with E-state index in [1.807, 2.05) is 0 Å². The molecule has 0 amide bonds. The van der Waals surface area contributed by atoms with Gasteiger partial charge in [0.2, 0.25) is 6.29 Å². The Morgan fingerprint density at radius 3 is 1.37 bits per heavy atom. The average molecular weight is 1120 g/mol. The molecule has 33 nitrogen and oxygen atoms in total. The summed E-state index contributed by atoms with van der Waals surface area (Å²) in [5.74, 6) is -10.6. The number of hydrogen-bond donors (Lipinski definition) is 0. The number of ether oxygens (including phenoxy) is 16. The molecule has 0 N–H and O–H groups in total. The summed E-state index contributed by atoms with van der Waals surface area (Å²) < 4.78 is 93.5. The highest BCUT2D eigenvalue weighted by atomic mass is 17.0. The van der Waals surface area contributed by atoms with E-state index < -0.39 is 207 Å². The van der Waals surface area contributed by atoms with Crippen molar-refractivity contribution in [3.8, 4) is 0 Å². The van der Waals surface area contributed by atoms with E-state index in [1.165, 1.54) is 13.8 Å². The minimum Gasteiger partial charge on any atom is -0.463 e. The van der Waals surface area contributed by atoms with Gasteiger partial charge >= 0.3 is 59.7 Å². The first kappa shape index (κ1) is 63.5. The number of esters is 10. The number of nitrogens with zero attached hydrogens (tertiary/aromatic N) is 4. The summed E-state index contributed by atoms with van der Waals surface area (Å²) in [5, 5.41) is 14.4. The third-order valence-electron chi connectivity index (χ3n) is 11.8. The fourth-order valence-electron chi connectivity index (χ4n) is 9.12. The summed E-state index contributed by atoms with van der Waals surface area (Å²) in [4.78, 5) is 146. The zero-order valence-corrected chi connectivity index (χ0v) is 44.3. The summed E-state index contributed by atoms with van der Waals surface area (Å²) in [6, 6.07) is -2.13. The van der Waals surface area contributed by atoms with Crippen molar-refractivity contribution in [3.05, 3.63) is 20.6 Å². The molecule has 0 aromatic carbocycles. The van der Waals surface area contributed by atoms with Gasteiger partial charge in [-0.2, -0.15) is 0 Å². The van der Waals surface area contributed by atoms with Crippen LogP contribution in [-0.4, -0.2) is 194 Å². The van der Waals surface area contributed by atoms with Crippen molar-refractivity contribution < 1.29 is 134 Å². The van der Waals surface area contributed by atoms with Gasteiger partial charge in [-0.1, -0.05) is 12.0 Å². The molecule has 1 aliphatic carbocycles. The highest BCUT2D eigenvalue weighted by Gasteiger charge is 2.60. The molecular weight excluding hydrogens is 1060 g/mol. The van der Waals surface area contributed by atoms with Gasteiger partial charge in [0, 0.05) is 86.5 Å². The highest BCUT2D eigenvalue weighted by Crippen LogP contribution is 2.41. The number of rotatable bonds is 21. The van der Waals surface area contributed by atoms with Crippen LogP contribution in [0.25, 0.3) is 10.4 Å². The van der Waals surface area contributed by atoms with Crippen LogP contribution in [0.1, 0.15) is 89.5 Å². The molecule has 1 saturated carbocycles. The maximum absolute atomic E-state index is 13.2. The maximum atomic E-state index is 13.2. The van der Waals surface area contributed by atoms with Crippen LogP contribution in [-0.2, 0) is 129 Å². The van der Waals surface area contributed by atoms with Crippen molar-refractivity contribution in [2.24, 2.45) is 11.0 Å². The Labute approximate surface area is 443 Å². The predicted molar refractivity (Wildman–Crippen MR) is 243 cm³/mol. The average Bonchev–Trinajstić information content (AvgIpc) is 3.33. The molecule has 0 aromatic rings. The fraction of sp³-hybridized carbons (Fsp3) is 0.778. The predicted octanol–water partition coefficient (Wildman–Crippen LogP) is 0.212. The van der Waals surface area contributed by atoms with E-state index in [2.05, 4.69) is 10.0 Å². The second kappa shape index (κ2) is 28.6. The van der Waals surface area contributed by atoms with Crippen molar-refractivity contribution in [2.75, 3.05) is 13.2 Å². The van der Waals surface area contributed by atoms with Gasteiger partial charge in [0.05, 0.1) is 12.2 Å². The topological polar surface area (TPSA) is 420 Å². The minimum absolute atomic E-state index is 0.402.